The van der Waals surface area contributed by atoms with Crippen LogP contribution in [0.1, 0.15) is 42.9 Å². The minimum absolute atomic E-state index is 0.155. The maximum Gasteiger partial charge on any atom is 0.304 e. The molecule has 1 N–H and O–H groups in total. The zero-order valence-electron chi connectivity index (χ0n) is 10.2. The summed E-state index contributed by atoms with van der Waals surface area (Å²) in [5, 5.41) is 8.95. The van der Waals surface area contributed by atoms with Gasteiger partial charge in [-0.3, -0.25) is 4.79 Å². The number of halogens is 1. The molecule has 1 aromatic carbocycles. The summed E-state index contributed by atoms with van der Waals surface area (Å²) >= 11 is 0. The van der Waals surface area contributed by atoms with Gasteiger partial charge in [0, 0.05) is 5.41 Å². The molecule has 0 aromatic heterocycles. The molecule has 0 atom stereocenters. The fourth-order valence-electron chi connectivity index (χ4n) is 2.54. The highest BCUT2D eigenvalue weighted by Gasteiger charge is 2.46. The highest BCUT2D eigenvalue weighted by atomic mass is 19.1. The van der Waals surface area contributed by atoms with E-state index in [0.717, 1.165) is 24.0 Å². The van der Waals surface area contributed by atoms with Crippen molar-refractivity contribution in [2.45, 2.75) is 44.9 Å². The van der Waals surface area contributed by atoms with Crippen LogP contribution in [0.15, 0.2) is 12.1 Å². The number of aryl methyl sites for hydroxylation is 2. The minimum Gasteiger partial charge on any atom is -0.481 e. The van der Waals surface area contributed by atoms with Crippen LogP contribution in [0.2, 0.25) is 0 Å². The third kappa shape index (κ3) is 2.19. The smallest absolute Gasteiger partial charge is 0.304 e. The second-order valence-electron chi connectivity index (χ2n) is 4.96. The molecule has 1 aromatic rings. The molecule has 0 bridgehead atoms. The lowest BCUT2D eigenvalue weighted by molar-refractivity contribution is -0.137. The highest BCUT2D eigenvalue weighted by Crippen LogP contribution is 2.52. The third-order valence-electron chi connectivity index (χ3n) is 3.69. The molecular weight excluding hydrogens is 219 g/mol. The normalized spacial score (nSPS) is 16.9. The third-order valence-corrected chi connectivity index (χ3v) is 3.69. The van der Waals surface area contributed by atoms with E-state index >= 15 is 0 Å². The van der Waals surface area contributed by atoms with Gasteiger partial charge >= 0.3 is 5.97 Å². The van der Waals surface area contributed by atoms with Crippen LogP contribution in [0.5, 0.6) is 0 Å². The molecule has 1 saturated carbocycles. The standard InChI is InChI=1S/C14H17FO2/c1-3-10-7-11(9(2)6-12(10)15)14(4-5-14)8-13(16)17/h6-7H,3-5,8H2,1-2H3,(H,16,17). The first-order chi connectivity index (χ1) is 7.98. The Hall–Kier alpha value is -1.38. The van der Waals surface area contributed by atoms with E-state index < -0.39 is 5.97 Å². The van der Waals surface area contributed by atoms with E-state index in [4.69, 9.17) is 5.11 Å². The zero-order chi connectivity index (χ0) is 12.6. The molecule has 1 fully saturated rings. The summed E-state index contributed by atoms with van der Waals surface area (Å²) in [5.41, 5.74) is 2.35. The van der Waals surface area contributed by atoms with Crippen molar-refractivity contribution >= 4 is 5.97 Å². The van der Waals surface area contributed by atoms with E-state index in [1.165, 1.54) is 6.07 Å². The van der Waals surface area contributed by atoms with Crippen LogP contribution in [0.25, 0.3) is 0 Å². The minimum atomic E-state index is -0.774. The van der Waals surface area contributed by atoms with Gasteiger partial charge < -0.3 is 5.11 Å². The molecule has 2 nitrogen and oxygen atoms in total. The number of rotatable bonds is 4. The molecule has 1 aliphatic rings. The average molecular weight is 236 g/mol. The molecule has 92 valence electrons. The quantitative estimate of drug-likeness (QED) is 0.871. The van der Waals surface area contributed by atoms with E-state index in [1.807, 2.05) is 19.9 Å². The molecule has 17 heavy (non-hydrogen) atoms. The van der Waals surface area contributed by atoms with Gasteiger partial charge in [-0.05, 0) is 48.9 Å². The summed E-state index contributed by atoms with van der Waals surface area (Å²) in [6, 6.07) is 3.40. The first kappa shape index (κ1) is 12.1. The Bertz CT molecular complexity index is 462. The number of carboxylic acid groups (broad SMARTS) is 1. The lowest BCUT2D eigenvalue weighted by Gasteiger charge is -2.17. The lowest BCUT2D eigenvalue weighted by Crippen LogP contribution is -2.15. The van der Waals surface area contributed by atoms with Crippen LogP contribution in [0.3, 0.4) is 0 Å². The number of carbonyl (C=O) groups is 1. The van der Waals surface area contributed by atoms with E-state index in [9.17, 15) is 9.18 Å². The fraction of sp³-hybridized carbons (Fsp3) is 0.500. The molecule has 0 aliphatic heterocycles. The van der Waals surface area contributed by atoms with Gasteiger partial charge in [0.05, 0.1) is 6.42 Å². The zero-order valence-corrected chi connectivity index (χ0v) is 10.2. The van der Waals surface area contributed by atoms with Crippen molar-refractivity contribution in [1.29, 1.82) is 0 Å². The Labute approximate surface area is 100 Å². The van der Waals surface area contributed by atoms with E-state index in [2.05, 4.69) is 0 Å². The predicted octanol–water partition coefficient (Wildman–Crippen LogP) is 3.20. The summed E-state index contributed by atoms with van der Waals surface area (Å²) in [4.78, 5) is 10.9. The van der Waals surface area contributed by atoms with Gasteiger partial charge in [-0.15, -0.1) is 0 Å². The topological polar surface area (TPSA) is 37.3 Å². The van der Waals surface area contributed by atoms with E-state index in [0.29, 0.717) is 12.0 Å². The summed E-state index contributed by atoms with van der Waals surface area (Å²) in [7, 11) is 0. The summed E-state index contributed by atoms with van der Waals surface area (Å²) in [6.07, 6.45) is 2.59. The lowest BCUT2D eigenvalue weighted by atomic mass is 9.87. The van der Waals surface area contributed by atoms with Gasteiger partial charge in [-0.25, -0.2) is 4.39 Å². The predicted molar refractivity (Wildman–Crippen MR) is 63.7 cm³/mol. The molecule has 0 saturated heterocycles. The Kier molecular flexibility index (Phi) is 2.94. The van der Waals surface area contributed by atoms with Gasteiger partial charge in [0.25, 0.3) is 0 Å². The number of hydrogen-bond acceptors (Lipinski definition) is 1. The average Bonchev–Trinajstić information content (AvgIpc) is 2.97. The molecule has 3 heteroatoms. The van der Waals surface area contributed by atoms with E-state index in [-0.39, 0.29) is 17.7 Å². The molecule has 0 radical (unpaired) electrons. The SMILES string of the molecule is CCc1cc(C2(CC(=O)O)CC2)c(C)cc1F. The molecule has 0 amide bonds. The second kappa shape index (κ2) is 4.13. The summed E-state index contributed by atoms with van der Waals surface area (Å²) in [6.45, 7) is 3.77. The van der Waals surface area contributed by atoms with Crippen molar-refractivity contribution in [2.75, 3.05) is 0 Å². The number of hydrogen-bond donors (Lipinski definition) is 1. The number of benzene rings is 1. The molecule has 1 aliphatic carbocycles. The van der Waals surface area contributed by atoms with E-state index in [1.54, 1.807) is 0 Å². The van der Waals surface area contributed by atoms with Crippen molar-refractivity contribution in [3.8, 4) is 0 Å². The monoisotopic (exact) mass is 236 g/mol. The molecule has 2 rings (SSSR count). The van der Waals surface area contributed by atoms with Crippen LogP contribution in [-0.2, 0) is 16.6 Å². The van der Waals surface area contributed by atoms with Crippen molar-refractivity contribution < 1.29 is 14.3 Å². The number of aliphatic carboxylic acids is 1. The van der Waals surface area contributed by atoms with Crippen LogP contribution in [-0.4, -0.2) is 11.1 Å². The molecule has 0 spiro atoms. The first-order valence-corrected chi connectivity index (χ1v) is 6.00. The van der Waals surface area contributed by atoms with Crippen molar-refractivity contribution in [3.63, 3.8) is 0 Å². The fourth-order valence-corrected chi connectivity index (χ4v) is 2.54. The highest BCUT2D eigenvalue weighted by molar-refractivity contribution is 5.70. The summed E-state index contributed by atoms with van der Waals surface area (Å²) < 4.78 is 13.6. The van der Waals surface area contributed by atoms with Crippen LogP contribution < -0.4 is 0 Å². The Morgan fingerprint density at radius 3 is 2.59 bits per heavy atom. The first-order valence-electron chi connectivity index (χ1n) is 6.00. The van der Waals surface area contributed by atoms with Gasteiger partial charge in [-0.1, -0.05) is 13.0 Å². The largest absolute Gasteiger partial charge is 0.481 e. The van der Waals surface area contributed by atoms with Crippen LogP contribution in [0, 0.1) is 12.7 Å². The van der Waals surface area contributed by atoms with Gasteiger partial charge in [0.2, 0.25) is 0 Å². The second-order valence-corrected chi connectivity index (χ2v) is 4.96. The van der Waals surface area contributed by atoms with Crippen molar-refractivity contribution in [2.24, 2.45) is 0 Å². The van der Waals surface area contributed by atoms with Crippen LogP contribution >= 0.6 is 0 Å². The van der Waals surface area contributed by atoms with Crippen molar-refractivity contribution in [1.82, 2.24) is 0 Å². The van der Waals surface area contributed by atoms with Gasteiger partial charge in [0.15, 0.2) is 0 Å². The molecular formula is C14H17FO2. The van der Waals surface area contributed by atoms with Crippen LogP contribution in [0.4, 0.5) is 4.39 Å². The maximum absolute atomic E-state index is 13.6. The summed E-state index contributed by atoms with van der Waals surface area (Å²) in [5.74, 6) is -0.954. The van der Waals surface area contributed by atoms with Gasteiger partial charge in [-0.2, -0.15) is 0 Å². The number of carboxylic acids is 1. The van der Waals surface area contributed by atoms with Crippen molar-refractivity contribution in [3.05, 3.63) is 34.6 Å². The Balaban J connectivity index is 2.42. The maximum atomic E-state index is 13.6. The molecule has 0 heterocycles. The molecule has 0 unspecified atom stereocenters. The Morgan fingerprint density at radius 1 is 1.47 bits per heavy atom. The van der Waals surface area contributed by atoms with Gasteiger partial charge in [0.1, 0.15) is 5.82 Å². The Morgan fingerprint density at radius 2 is 2.12 bits per heavy atom.